The molecule has 2 heterocycles. The van der Waals surface area contributed by atoms with Gasteiger partial charge in [0.05, 0.1) is 18.8 Å². The number of benzene rings is 1. The Bertz CT molecular complexity index is 1100. The molecule has 2 atom stereocenters. The van der Waals surface area contributed by atoms with Gasteiger partial charge in [-0.25, -0.2) is 28.1 Å². The predicted octanol–water partition coefficient (Wildman–Crippen LogP) is 5.85. The number of amides is 1. The van der Waals surface area contributed by atoms with Gasteiger partial charge in [0.2, 0.25) is 11.8 Å². The van der Waals surface area contributed by atoms with Crippen LogP contribution in [0.2, 0.25) is 0 Å². The van der Waals surface area contributed by atoms with E-state index in [4.69, 9.17) is 4.74 Å². The molecular weight excluding hydrogens is 457 g/mol. The van der Waals surface area contributed by atoms with Gasteiger partial charge in [-0.3, -0.25) is 4.79 Å². The molecule has 3 fully saturated rings. The van der Waals surface area contributed by atoms with Crippen LogP contribution in [0.1, 0.15) is 81.3 Å². The van der Waals surface area contributed by atoms with Crippen LogP contribution in [0.5, 0.6) is 5.88 Å². The lowest BCUT2D eigenvalue weighted by molar-refractivity contribution is -0.245. The quantitative estimate of drug-likeness (QED) is 0.395. The number of carbonyl (C=O) groups is 1. The van der Waals surface area contributed by atoms with Crippen molar-refractivity contribution in [3.05, 3.63) is 53.5 Å². The summed E-state index contributed by atoms with van der Waals surface area (Å²) in [6.45, 7) is 0. The molecule has 2 bridgehead atoms. The lowest BCUT2D eigenvalue weighted by Crippen LogP contribution is -2.63. The van der Waals surface area contributed by atoms with Crippen molar-refractivity contribution in [1.82, 2.24) is 15.0 Å². The maximum Gasteiger partial charge on any atom is 0.243 e. The Morgan fingerprint density at radius 2 is 1.86 bits per heavy atom. The van der Waals surface area contributed by atoms with Crippen LogP contribution in [0.15, 0.2) is 35.7 Å². The molecule has 4 aliphatic rings. The van der Waals surface area contributed by atoms with Gasteiger partial charge in [-0.1, -0.05) is 12.8 Å². The second kappa shape index (κ2) is 9.24. The molecule has 9 heteroatoms. The summed E-state index contributed by atoms with van der Waals surface area (Å²) in [5.74, 6) is -1.09. The molecule has 6 nitrogen and oxygen atoms in total. The van der Waals surface area contributed by atoms with Crippen LogP contribution in [0.3, 0.4) is 0 Å². The van der Waals surface area contributed by atoms with Crippen molar-refractivity contribution < 1.29 is 22.7 Å². The van der Waals surface area contributed by atoms with Gasteiger partial charge in [0, 0.05) is 36.6 Å². The van der Waals surface area contributed by atoms with Gasteiger partial charge < -0.3 is 4.74 Å². The number of hydrogen-bond donors (Lipinski definition) is 0. The number of halogens is 3. The average Bonchev–Trinajstić information content (AvgIpc) is 3.28. The standard InChI is InChI=1S/C26H29F3N4O2/c1-35-22-12-20(30-16-31-22)24(29)26-13-25(14-26,15-26)7-4-2-3-5-23(34)33-21(6-8-32-33)17-9-18(27)11-19(28)10-17/h8-12,16,21,24H,2-7,13-15H2,1H3. The van der Waals surface area contributed by atoms with Crippen molar-refractivity contribution in [1.29, 1.82) is 0 Å². The fourth-order valence-electron chi connectivity index (χ4n) is 6.30. The molecule has 1 aromatic carbocycles. The van der Waals surface area contributed by atoms with E-state index in [1.54, 1.807) is 12.3 Å². The van der Waals surface area contributed by atoms with Crippen molar-refractivity contribution in [2.75, 3.05) is 7.11 Å². The number of methoxy groups -OCH3 is 1. The normalized spacial score (nSPS) is 27.3. The summed E-state index contributed by atoms with van der Waals surface area (Å²) in [5.41, 5.74) is 0.746. The molecule has 0 radical (unpaired) electrons. The van der Waals surface area contributed by atoms with Crippen molar-refractivity contribution in [2.45, 2.75) is 70.0 Å². The molecule has 0 N–H and O–H groups in total. The van der Waals surface area contributed by atoms with Crippen LogP contribution in [-0.2, 0) is 4.79 Å². The molecule has 1 amide bonds. The van der Waals surface area contributed by atoms with E-state index in [0.717, 1.165) is 51.0 Å². The highest BCUT2D eigenvalue weighted by Crippen LogP contribution is 2.79. The zero-order valence-corrected chi connectivity index (χ0v) is 19.7. The minimum Gasteiger partial charge on any atom is -0.481 e. The summed E-state index contributed by atoms with van der Waals surface area (Å²) in [7, 11) is 1.51. The number of hydrazone groups is 1. The minimum absolute atomic E-state index is 0.140. The average molecular weight is 487 g/mol. The van der Waals surface area contributed by atoms with Crippen molar-refractivity contribution in [3.8, 4) is 5.88 Å². The number of rotatable bonds is 10. The van der Waals surface area contributed by atoms with Gasteiger partial charge in [0.15, 0.2) is 0 Å². The van der Waals surface area contributed by atoms with Gasteiger partial charge in [0.25, 0.3) is 0 Å². The zero-order valence-electron chi connectivity index (χ0n) is 19.7. The Balaban J connectivity index is 1.04. The van der Waals surface area contributed by atoms with Crippen LogP contribution in [0.25, 0.3) is 0 Å². The molecule has 3 saturated carbocycles. The minimum atomic E-state index is -1.10. The summed E-state index contributed by atoms with van der Waals surface area (Å²) >= 11 is 0. The van der Waals surface area contributed by atoms with Crippen LogP contribution >= 0.6 is 0 Å². The topological polar surface area (TPSA) is 67.7 Å². The van der Waals surface area contributed by atoms with Crippen molar-refractivity contribution in [2.24, 2.45) is 15.9 Å². The molecule has 3 aliphatic carbocycles. The van der Waals surface area contributed by atoms with Crippen LogP contribution in [0.4, 0.5) is 13.2 Å². The third kappa shape index (κ3) is 4.52. The Morgan fingerprint density at radius 3 is 2.57 bits per heavy atom. The summed E-state index contributed by atoms with van der Waals surface area (Å²) in [4.78, 5) is 20.7. The first-order valence-corrected chi connectivity index (χ1v) is 12.1. The molecular formula is C26H29F3N4O2. The van der Waals surface area contributed by atoms with Gasteiger partial charge in [0.1, 0.15) is 24.1 Å². The second-order valence-electron chi connectivity index (χ2n) is 10.3. The fraction of sp³-hybridized carbons (Fsp3) is 0.538. The van der Waals surface area contributed by atoms with E-state index in [1.807, 2.05) is 0 Å². The third-order valence-corrected chi connectivity index (χ3v) is 7.80. The molecule has 1 aliphatic heterocycles. The molecule has 2 unspecified atom stereocenters. The highest BCUT2D eigenvalue weighted by Gasteiger charge is 2.70. The Kier molecular flexibility index (Phi) is 6.27. The third-order valence-electron chi connectivity index (χ3n) is 7.80. The van der Waals surface area contributed by atoms with E-state index >= 15 is 4.39 Å². The van der Waals surface area contributed by atoms with E-state index in [-0.39, 0.29) is 16.7 Å². The van der Waals surface area contributed by atoms with Crippen molar-refractivity contribution in [3.63, 3.8) is 0 Å². The maximum absolute atomic E-state index is 15.1. The first-order chi connectivity index (χ1) is 16.8. The summed E-state index contributed by atoms with van der Waals surface area (Å²) in [6, 6.07) is 4.44. The maximum atomic E-state index is 15.1. The smallest absolute Gasteiger partial charge is 0.243 e. The number of aromatic nitrogens is 2. The molecule has 186 valence electrons. The fourth-order valence-corrected chi connectivity index (χ4v) is 6.30. The second-order valence-corrected chi connectivity index (χ2v) is 10.3. The lowest BCUT2D eigenvalue weighted by Gasteiger charge is -2.72. The number of hydrogen-bond acceptors (Lipinski definition) is 5. The summed E-state index contributed by atoms with van der Waals surface area (Å²) in [5, 5.41) is 5.49. The first kappa shape index (κ1) is 23.8. The monoisotopic (exact) mass is 486 g/mol. The van der Waals surface area contributed by atoms with Crippen LogP contribution in [0, 0.1) is 22.5 Å². The van der Waals surface area contributed by atoms with E-state index in [9.17, 15) is 13.6 Å². The number of carbonyl (C=O) groups excluding carboxylic acids is 1. The van der Waals surface area contributed by atoms with Gasteiger partial charge in [-0.2, -0.15) is 5.10 Å². The highest BCUT2D eigenvalue weighted by atomic mass is 19.1. The van der Waals surface area contributed by atoms with E-state index in [2.05, 4.69) is 15.1 Å². The summed E-state index contributed by atoms with van der Waals surface area (Å²) in [6.07, 6.45) is 8.92. The zero-order chi connectivity index (χ0) is 24.6. The van der Waals surface area contributed by atoms with E-state index in [0.29, 0.717) is 30.0 Å². The number of nitrogens with zero attached hydrogens (tertiary/aromatic N) is 4. The molecule has 35 heavy (non-hydrogen) atoms. The molecule has 0 saturated heterocycles. The van der Waals surface area contributed by atoms with Gasteiger partial charge in [-0.05, 0) is 55.2 Å². The molecule has 1 aromatic heterocycles. The predicted molar refractivity (Wildman–Crippen MR) is 123 cm³/mol. The van der Waals surface area contributed by atoms with E-state index < -0.39 is 23.8 Å². The van der Waals surface area contributed by atoms with Gasteiger partial charge >= 0.3 is 0 Å². The number of unbranched alkanes of at least 4 members (excludes halogenated alkanes) is 2. The Morgan fingerprint density at radius 1 is 1.11 bits per heavy atom. The SMILES string of the molecule is COc1cc(C(F)C23CC(CCCCCC(=O)N4N=CCC4c4cc(F)cc(F)c4)(C2)C3)ncn1. The largest absolute Gasteiger partial charge is 0.481 e. The van der Waals surface area contributed by atoms with Gasteiger partial charge in [-0.15, -0.1) is 0 Å². The van der Waals surface area contributed by atoms with Crippen LogP contribution < -0.4 is 4.74 Å². The summed E-state index contributed by atoms with van der Waals surface area (Å²) < 4.78 is 47.4. The molecule has 0 spiro atoms. The highest BCUT2D eigenvalue weighted by molar-refractivity contribution is 5.79. The number of alkyl halides is 1. The van der Waals surface area contributed by atoms with E-state index in [1.165, 1.54) is 30.6 Å². The first-order valence-electron chi connectivity index (χ1n) is 12.1. The molecule has 2 aromatic rings. The Labute approximate surface area is 202 Å². The lowest BCUT2D eigenvalue weighted by atomic mass is 9.32. The van der Waals surface area contributed by atoms with Crippen LogP contribution in [-0.4, -0.2) is 34.2 Å². The molecule has 6 rings (SSSR count). The number of ether oxygens (including phenoxy) is 1. The van der Waals surface area contributed by atoms with Crippen molar-refractivity contribution >= 4 is 12.1 Å². The Hall–Kier alpha value is -2.97.